The van der Waals surface area contributed by atoms with E-state index >= 15 is 0 Å². The zero-order valence-electron chi connectivity index (χ0n) is 13.2. The zero-order valence-corrected chi connectivity index (χ0v) is 14.0. The topological polar surface area (TPSA) is 69.7 Å². The van der Waals surface area contributed by atoms with Gasteiger partial charge in [0, 0.05) is 6.42 Å². The Hall–Kier alpha value is -1.40. The van der Waals surface area contributed by atoms with Crippen molar-refractivity contribution in [3.05, 3.63) is 24.3 Å². The first-order chi connectivity index (χ1) is 10.5. The van der Waals surface area contributed by atoms with Gasteiger partial charge >= 0.3 is 0 Å². The molecule has 1 aromatic carbocycles. The van der Waals surface area contributed by atoms with E-state index in [1.807, 2.05) is 0 Å². The maximum absolute atomic E-state index is 11.9. The van der Waals surface area contributed by atoms with Gasteiger partial charge in [0.05, 0.1) is 12.0 Å². The largest absolute Gasteiger partial charge is 0.497 e. The summed E-state index contributed by atoms with van der Waals surface area (Å²) >= 11 is 0. The van der Waals surface area contributed by atoms with Crippen LogP contribution < -0.4 is 4.74 Å². The molecule has 0 saturated carbocycles. The minimum atomic E-state index is -3.90. The van der Waals surface area contributed by atoms with Gasteiger partial charge in [-0.1, -0.05) is 32.6 Å². The second kappa shape index (κ2) is 9.58. The average Bonchev–Trinajstić information content (AvgIpc) is 2.53. The highest BCUT2D eigenvalue weighted by atomic mass is 32.2. The second-order valence-electron chi connectivity index (χ2n) is 5.09. The van der Waals surface area contributed by atoms with E-state index in [-0.39, 0.29) is 10.7 Å². The standard InChI is InChI=1S/C16H24O5S/c1-3-4-5-6-7-8-14(17)13-21-22(18,19)16-11-9-15(20-2)10-12-16/h9-12H,3-8,13H2,1-2H3. The Morgan fingerprint density at radius 1 is 1.05 bits per heavy atom. The Labute approximate surface area is 132 Å². The van der Waals surface area contributed by atoms with Crippen LogP contribution in [0, 0.1) is 0 Å². The molecule has 0 aromatic heterocycles. The molecule has 0 aliphatic rings. The molecule has 1 rings (SSSR count). The van der Waals surface area contributed by atoms with Crippen LogP contribution in [-0.4, -0.2) is 27.9 Å². The van der Waals surface area contributed by atoms with Crippen molar-refractivity contribution < 1.29 is 22.1 Å². The lowest BCUT2D eigenvalue weighted by Gasteiger charge is -2.06. The van der Waals surface area contributed by atoms with Gasteiger partial charge in [0.15, 0.2) is 5.78 Å². The van der Waals surface area contributed by atoms with Gasteiger partial charge in [0.1, 0.15) is 12.4 Å². The van der Waals surface area contributed by atoms with Crippen molar-refractivity contribution in [3.63, 3.8) is 0 Å². The number of hydrogen-bond acceptors (Lipinski definition) is 5. The van der Waals surface area contributed by atoms with Gasteiger partial charge in [-0.15, -0.1) is 0 Å². The second-order valence-corrected chi connectivity index (χ2v) is 6.71. The van der Waals surface area contributed by atoms with Crippen LogP contribution >= 0.6 is 0 Å². The zero-order chi connectivity index (χ0) is 16.4. The van der Waals surface area contributed by atoms with Crippen molar-refractivity contribution in [1.29, 1.82) is 0 Å². The van der Waals surface area contributed by atoms with Gasteiger partial charge in [-0.2, -0.15) is 8.42 Å². The lowest BCUT2D eigenvalue weighted by molar-refractivity contribution is -0.121. The van der Waals surface area contributed by atoms with E-state index in [4.69, 9.17) is 8.92 Å². The van der Waals surface area contributed by atoms with Crippen molar-refractivity contribution in [2.45, 2.75) is 50.3 Å². The van der Waals surface area contributed by atoms with Gasteiger partial charge < -0.3 is 4.74 Å². The third-order valence-electron chi connectivity index (χ3n) is 3.28. The molecular weight excluding hydrogens is 304 g/mol. The van der Waals surface area contributed by atoms with E-state index < -0.39 is 16.7 Å². The molecule has 0 spiro atoms. The van der Waals surface area contributed by atoms with Crippen LogP contribution in [0.3, 0.4) is 0 Å². The number of ketones is 1. The van der Waals surface area contributed by atoms with E-state index in [2.05, 4.69) is 6.92 Å². The summed E-state index contributed by atoms with van der Waals surface area (Å²) in [6, 6.07) is 5.85. The number of carbonyl (C=O) groups excluding carboxylic acids is 1. The fraction of sp³-hybridized carbons (Fsp3) is 0.562. The molecule has 0 fully saturated rings. The van der Waals surface area contributed by atoms with Gasteiger partial charge in [0.2, 0.25) is 0 Å². The number of benzene rings is 1. The quantitative estimate of drug-likeness (QED) is 0.460. The number of ether oxygens (including phenoxy) is 1. The van der Waals surface area contributed by atoms with E-state index in [0.717, 1.165) is 32.1 Å². The van der Waals surface area contributed by atoms with Crippen LogP contribution in [0.15, 0.2) is 29.2 Å². The molecule has 6 heteroatoms. The molecule has 22 heavy (non-hydrogen) atoms. The molecule has 5 nitrogen and oxygen atoms in total. The number of rotatable bonds is 11. The molecule has 0 amide bonds. The van der Waals surface area contributed by atoms with Gasteiger partial charge in [-0.05, 0) is 30.7 Å². The fourth-order valence-corrected chi connectivity index (χ4v) is 2.84. The van der Waals surface area contributed by atoms with E-state index in [1.165, 1.54) is 31.4 Å². The Morgan fingerprint density at radius 2 is 1.68 bits per heavy atom. The Bertz CT molecular complexity index is 548. The summed E-state index contributed by atoms with van der Waals surface area (Å²) in [5, 5.41) is 0. The normalized spacial score (nSPS) is 11.4. The highest BCUT2D eigenvalue weighted by Gasteiger charge is 2.17. The lowest BCUT2D eigenvalue weighted by atomic mass is 10.1. The highest BCUT2D eigenvalue weighted by Crippen LogP contribution is 2.17. The number of hydrogen-bond donors (Lipinski definition) is 0. The Balaban J connectivity index is 2.39. The number of carbonyl (C=O) groups is 1. The summed E-state index contributed by atoms with van der Waals surface area (Å²) in [6.07, 6.45) is 5.56. The van der Waals surface area contributed by atoms with Crippen LogP contribution in [0.5, 0.6) is 5.75 Å². The summed E-state index contributed by atoms with van der Waals surface area (Å²) in [7, 11) is -2.40. The Kier molecular flexibility index (Phi) is 8.12. The smallest absolute Gasteiger partial charge is 0.297 e. The summed E-state index contributed by atoms with van der Waals surface area (Å²) < 4.78 is 33.6. The molecule has 0 aliphatic heterocycles. The summed E-state index contributed by atoms with van der Waals surface area (Å²) in [5.41, 5.74) is 0. The van der Waals surface area contributed by atoms with Crippen molar-refractivity contribution in [2.75, 3.05) is 13.7 Å². The van der Waals surface area contributed by atoms with E-state index in [1.54, 1.807) is 0 Å². The summed E-state index contributed by atoms with van der Waals surface area (Å²) in [4.78, 5) is 11.7. The maximum atomic E-state index is 11.9. The van der Waals surface area contributed by atoms with Gasteiger partial charge in [0.25, 0.3) is 10.1 Å². The Morgan fingerprint density at radius 3 is 2.27 bits per heavy atom. The van der Waals surface area contributed by atoms with Gasteiger partial charge in [-0.3, -0.25) is 8.98 Å². The van der Waals surface area contributed by atoms with Crippen molar-refractivity contribution in [2.24, 2.45) is 0 Å². The summed E-state index contributed by atoms with van der Waals surface area (Å²) in [5.74, 6) is 0.371. The highest BCUT2D eigenvalue weighted by molar-refractivity contribution is 7.86. The lowest BCUT2D eigenvalue weighted by Crippen LogP contribution is -2.14. The minimum absolute atomic E-state index is 0.0176. The SMILES string of the molecule is CCCCCCCC(=O)COS(=O)(=O)c1ccc(OC)cc1. The molecular formula is C16H24O5S. The monoisotopic (exact) mass is 328 g/mol. The average molecular weight is 328 g/mol. The molecule has 1 aromatic rings. The third kappa shape index (κ3) is 6.58. The van der Waals surface area contributed by atoms with Gasteiger partial charge in [-0.25, -0.2) is 0 Å². The fourth-order valence-electron chi connectivity index (χ4n) is 1.95. The molecule has 0 unspecified atom stereocenters. The predicted octanol–water partition coefficient (Wildman–Crippen LogP) is 3.33. The number of unbranched alkanes of at least 4 members (excludes halogenated alkanes) is 4. The molecule has 124 valence electrons. The molecule has 0 radical (unpaired) electrons. The van der Waals surface area contributed by atoms with Crippen LogP contribution in [0.25, 0.3) is 0 Å². The van der Waals surface area contributed by atoms with Crippen LogP contribution in [0.2, 0.25) is 0 Å². The van der Waals surface area contributed by atoms with Crippen molar-refractivity contribution >= 4 is 15.9 Å². The first kappa shape index (κ1) is 18.6. The molecule has 0 N–H and O–H groups in total. The molecule has 0 aliphatic carbocycles. The van der Waals surface area contributed by atoms with Crippen molar-refractivity contribution in [1.82, 2.24) is 0 Å². The number of methoxy groups -OCH3 is 1. The first-order valence-electron chi connectivity index (χ1n) is 7.54. The van der Waals surface area contributed by atoms with Crippen LogP contribution in [0.1, 0.15) is 45.4 Å². The molecule has 0 atom stereocenters. The molecule has 0 saturated heterocycles. The predicted molar refractivity (Wildman–Crippen MR) is 84.5 cm³/mol. The van der Waals surface area contributed by atoms with Crippen molar-refractivity contribution in [3.8, 4) is 5.75 Å². The van der Waals surface area contributed by atoms with E-state index in [0.29, 0.717) is 12.2 Å². The molecule has 0 bridgehead atoms. The van der Waals surface area contributed by atoms with E-state index in [9.17, 15) is 13.2 Å². The van der Waals surface area contributed by atoms with Crippen LogP contribution in [0.4, 0.5) is 0 Å². The third-order valence-corrected chi connectivity index (χ3v) is 4.56. The number of Topliss-reactive ketones (excluding diaryl/α,β-unsaturated/α-hetero) is 1. The first-order valence-corrected chi connectivity index (χ1v) is 8.95. The summed E-state index contributed by atoms with van der Waals surface area (Å²) in [6.45, 7) is 1.73. The maximum Gasteiger partial charge on any atom is 0.297 e. The van der Waals surface area contributed by atoms with Crippen LogP contribution in [-0.2, 0) is 19.1 Å². The molecule has 0 heterocycles. The minimum Gasteiger partial charge on any atom is -0.497 e.